The van der Waals surface area contributed by atoms with Crippen LogP contribution in [0.15, 0.2) is 52.0 Å². The monoisotopic (exact) mass is 391 g/mol. The first-order chi connectivity index (χ1) is 11.5. The molecule has 7 nitrogen and oxygen atoms in total. The maximum Gasteiger partial charge on any atom is 0.311 e. The SMILES string of the molecule is Cc1ccc(OCC(=O)N/N=C\c2cccc(Br)c2)c([N+](=O)[O-])c1. The number of hydrogen-bond acceptors (Lipinski definition) is 5. The summed E-state index contributed by atoms with van der Waals surface area (Å²) in [7, 11) is 0. The molecule has 0 spiro atoms. The maximum atomic E-state index is 11.7. The zero-order valence-electron chi connectivity index (χ0n) is 12.7. The Labute approximate surface area is 146 Å². The number of nitrogens with one attached hydrogen (secondary N) is 1. The lowest BCUT2D eigenvalue weighted by atomic mass is 10.2. The van der Waals surface area contributed by atoms with Crippen LogP contribution in [0, 0.1) is 17.0 Å². The minimum atomic E-state index is -0.550. The van der Waals surface area contributed by atoms with E-state index in [0.717, 1.165) is 15.6 Å². The van der Waals surface area contributed by atoms with E-state index in [9.17, 15) is 14.9 Å². The third kappa shape index (κ3) is 5.17. The first-order valence-corrected chi connectivity index (χ1v) is 7.70. The van der Waals surface area contributed by atoms with E-state index in [1.54, 1.807) is 13.0 Å². The smallest absolute Gasteiger partial charge is 0.311 e. The Balaban J connectivity index is 1.91. The Hall–Kier alpha value is -2.74. The molecular weight excluding hydrogens is 378 g/mol. The van der Waals surface area contributed by atoms with Crippen LogP contribution in [0.3, 0.4) is 0 Å². The number of amides is 1. The van der Waals surface area contributed by atoms with Gasteiger partial charge in [-0.25, -0.2) is 5.43 Å². The van der Waals surface area contributed by atoms with Gasteiger partial charge < -0.3 is 4.74 Å². The number of nitro groups is 1. The number of rotatable bonds is 6. The minimum Gasteiger partial charge on any atom is -0.477 e. The Morgan fingerprint density at radius 2 is 2.17 bits per heavy atom. The van der Waals surface area contributed by atoms with Crippen LogP contribution in [0.25, 0.3) is 0 Å². The molecule has 2 aromatic rings. The highest BCUT2D eigenvalue weighted by Crippen LogP contribution is 2.27. The molecule has 0 fully saturated rings. The van der Waals surface area contributed by atoms with Gasteiger partial charge in [0.25, 0.3) is 5.91 Å². The van der Waals surface area contributed by atoms with E-state index in [1.807, 2.05) is 24.3 Å². The average Bonchev–Trinajstić information content (AvgIpc) is 2.53. The molecule has 2 aromatic carbocycles. The number of halogens is 1. The third-order valence-electron chi connectivity index (χ3n) is 2.92. The Morgan fingerprint density at radius 1 is 1.38 bits per heavy atom. The van der Waals surface area contributed by atoms with E-state index in [1.165, 1.54) is 18.3 Å². The normalized spacial score (nSPS) is 10.6. The van der Waals surface area contributed by atoms with Crippen LogP contribution in [0.1, 0.15) is 11.1 Å². The Kier molecular flexibility index (Phi) is 6.02. The molecule has 0 bridgehead atoms. The second kappa shape index (κ2) is 8.21. The van der Waals surface area contributed by atoms with Gasteiger partial charge in [0.05, 0.1) is 11.1 Å². The lowest BCUT2D eigenvalue weighted by Crippen LogP contribution is -2.24. The molecule has 0 aliphatic carbocycles. The zero-order valence-corrected chi connectivity index (χ0v) is 14.3. The van der Waals surface area contributed by atoms with Gasteiger partial charge in [0.2, 0.25) is 0 Å². The largest absolute Gasteiger partial charge is 0.477 e. The summed E-state index contributed by atoms with van der Waals surface area (Å²) in [5, 5.41) is 14.8. The molecule has 0 aliphatic heterocycles. The number of ether oxygens (including phenoxy) is 1. The molecule has 0 aliphatic rings. The van der Waals surface area contributed by atoms with Crippen LogP contribution in [0.4, 0.5) is 5.69 Å². The van der Waals surface area contributed by atoms with Crippen molar-refractivity contribution in [3.63, 3.8) is 0 Å². The lowest BCUT2D eigenvalue weighted by molar-refractivity contribution is -0.385. The topological polar surface area (TPSA) is 93.8 Å². The van der Waals surface area contributed by atoms with Gasteiger partial charge in [0.15, 0.2) is 12.4 Å². The quantitative estimate of drug-likeness (QED) is 0.464. The summed E-state index contributed by atoms with van der Waals surface area (Å²) < 4.78 is 6.10. The summed E-state index contributed by atoms with van der Waals surface area (Å²) in [4.78, 5) is 22.1. The molecular formula is C16H14BrN3O4. The minimum absolute atomic E-state index is 0.0386. The second-order valence-corrected chi connectivity index (χ2v) is 5.78. The van der Waals surface area contributed by atoms with E-state index in [-0.39, 0.29) is 18.0 Å². The van der Waals surface area contributed by atoms with Crippen LogP contribution < -0.4 is 10.2 Å². The van der Waals surface area contributed by atoms with Crippen molar-refractivity contribution >= 4 is 33.7 Å². The zero-order chi connectivity index (χ0) is 17.5. The molecule has 0 saturated heterocycles. The lowest BCUT2D eigenvalue weighted by Gasteiger charge is -2.06. The van der Waals surface area contributed by atoms with Crippen molar-refractivity contribution in [2.24, 2.45) is 5.10 Å². The summed E-state index contributed by atoms with van der Waals surface area (Å²) in [5.41, 5.74) is 3.66. The number of carbonyl (C=O) groups excluding carboxylic acids is 1. The van der Waals surface area contributed by atoms with E-state index in [0.29, 0.717) is 0 Å². The summed E-state index contributed by atoms with van der Waals surface area (Å²) in [6, 6.07) is 11.9. The molecule has 0 saturated carbocycles. The van der Waals surface area contributed by atoms with Crippen molar-refractivity contribution in [3.05, 3.63) is 68.2 Å². The summed E-state index contributed by atoms with van der Waals surface area (Å²) in [6.07, 6.45) is 1.48. The molecule has 1 amide bonds. The summed E-state index contributed by atoms with van der Waals surface area (Å²) in [6.45, 7) is 1.36. The van der Waals surface area contributed by atoms with E-state index in [2.05, 4.69) is 26.5 Å². The predicted molar refractivity (Wildman–Crippen MR) is 93.2 cm³/mol. The van der Waals surface area contributed by atoms with Crippen molar-refractivity contribution in [1.29, 1.82) is 0 Å². The van der Waals surface area contributed by atoms with Crippen molar-refractivity contribution in [3.8, 4) is 5.75 Å². The molecule has 1 N–H and O–H groups in total. The molecule has 0 aromatic heterocycles. The number of nitro benzene ring substituents is 1. The van der Waals surface area contributed by atoms with Crippen molar-refractivity contribution in [2.45, 2.75) is 6.92 Å². The van der Waals surface area contributed by atoms with Gasteiger partial charge in [-0.1, -0.05) is 34.1 Å². The first kappa shape index (κ1) is 17.6. The van der Waals surface area contributed by atoms with E-state index >= 15 is 0 Å². The van der Waals surface area contributed by atoms with Crippen molar-refractivity contribution < 1.29 is 14.5 Å². The van der Waals surface area contributed by atoms with Gasteiger partial charge in [-0.05, 0) is 36.2 Å². The molecule has 0 atom stereocenters. The second-order valence-electron chi connectivity index (χ2n) is 4.87. The van der Waals surface area contributed by atoms with Crippen LogP contribution >= 0.6 is 15.9 Å². The Morgan fingerprint density at radius 3 is 2.88 bits per heavy atom. The average molecular weight is 392 g/mol. The van der Waals surface area contributed by atoms with Crippen LogP contribution in [0.5, 0.6) is 5.75 Å². The molecule has 8 heteroatoms. The molecule has 0 unspecified atom stereocenters. The van der Waals surface area contributed by atoms with Gasteiger partial charge in [0, 0.05) is 10.5 Å². The van der Waals surface area contributed by atoms with Gasteiger partial charge in [0.1, 0.15) is 0 Å². The molecule has 124 valence electrons. The fourth-order valence-electron chi connectivity index (χ4n) is 1.83. The highest BCUT2D eigenvalue weighted by molar-refractivity contribution is 9.10. The van der Waals surface area contributed by atoms with Crippen LogP contribution in [-0.4, -0.2) is 23.7 Å². The molecule has 0 radical (unpaired) electrons. The number of aryl methyl sites for hydroxylation is 1. The highest BCUT2D eigenvalue weighted by Gasteiger charge is 2.16. The number of carbonyl (C=O) groups is 1. The maximum absolute atomic E-state index is 11.7. The van der Waals surface area contributed by atoms with Crippen molar-refractivity contribution in [1.82, 2.24) is 5.43 Å². The number of hydrogen-bond donors (Lipinski definition) is 1. The third-order valence-corrected chi connectivity index (χ3v) is 3.41. The fraction of sp³-hybridized carbons (Fsp3) is 0.125. The number of benzene rings is 2. The van der Waals surface area contributed by atoms with Crippen LogP contribution in [0.2, 0.25) is 0 Å². The molecule has 2 rings (SSSR count). The van der Waals surface area contributed by atoms with Gasteiger partial charge in [-0.2, -0.15) is 5.10 Å². The van der Waals surface area contributed by atoms with Gasteiger partial charge in [-0.3, -0.25) is 14.9 Å². The van der Waals surface area contributed by atoms with E-state index in [4.69, 9.17) is 4.74 Å². The fourth-order valence-corrected chi connectivity index (χ4v) is 2.25. The predicted octanol–water partition coefficient (Wildman–Crippen LogP) is 3.19. The van der Waals surface area contributed by atoms with Crippen LogP contribution in [-0.2, 0) is 4.79 Å². The number of nitrogens with zero attached hydrogens (tertiary/aromatic N) is 2. The summed E-state index contributed by atoms with van der Waals surface area (Å²) in [5.74, 6) is -0.479. The van der Waals surface area contributed by atoms with Crippen molar-refractivity contribution in [2.75, 3.05) is 6.61 Å². The van der Waals surface area contributed by atoms with Gasteiger partial charge >= 0.3 is 5.69 Å². The summed E-state index contributed by atoms with van der Waals surface area (Å²) >= 11 is 3.33. The number of hydrazone groups is 1. The highest BCUT2D eigenvalue weighted by atomic mass is 79.9. The van der Waals surface area contributed by atoms with E-state index < -0.39 is 10.8 Å². The first-order valence-electron chi connectivity index (χ1n) is 6.91. The Bertz CT molecular complexity index is 793. The standard InChI is InChI=1S/C16H14BrN3O4/c1-11-5-6-15(14(7-11)20(22)23)24-10-16(21)19-18-9-12-3-2-4-13(17)8-12/h2-9H,10H2,1H3,(H,19,21)/b18-9-. The molecule has 24 heavy (non-hydrogen) atoms. The molecule has 0 heterocycles. The van der Waals surface area contributed by atoms with Gasteiger partial charge in [-0.15, -0.1) is 0 Å².